The minimum absolute atomic E-state index is 0.193. The van der Waals surface area contributed by atoms with Gasteiger partial charge in [-0.05, 0) is 44.5 Å². The van der Waals surface area contributed by atoms with Gasteiger partial charge in [0.15, 0.2) is 5.96 Å². The highest BCUT2D eigenvalue weighted by molar-refractivity contribution is 5.80. The number of ether oxygens (including phenoxy) is 1. The number of anilines is 1. The van der Waals surface area contributed by atoms with E-state index in [2.05, 4.69) is 63.7 Å². The molecule has 0 radical (unpaired) electrons. The smallest absolute Gasteiger partial charge is 0.191 e. The molecule has 2 unspecified atom stereocenters. The van der Waals surface area contributed by atoms with Gasteiger partial charge >= 0.3 is 0 Å². The van der Waals surface area contributed by atoms with Crippen LogP contribution >= 0.6 is 0 Å². The van der Waals surface area contributed by atoms with Crippen molar-refractivity contribution >= 4 is 11.6 Å². The number of nitrogens with one attached hydrogen (secondary N) is 2. The van der Waals surface area contributed by atoms with Crippen LogP contribution in [0.15, 0.2) is 29.3 Å². The Morgan fingerprint density at radius 1 is 1.31 bits per heavy atom. The molecule has 144 valence electrons. The number of benzene rings is 1. The van der Waals surface area contributed by atoms with E-state index in [9.17, 15) is 0 Å². The molecule has 0 amide bonds. The molecule has 1 aromatic carbocycles. The number of nitrogens with zero attached hydrogens (tertiary/aromatic N) is 3. The molecule has 0 saturated carbocycles. The summed E-state index contributed by atoms with van der Waals surface area (Å²) in [6, 6.07) is 9.05. The molecular formula is C20H33N5O. The fraction of sp³-hybridized carbons (Fsp3) is 0.650. The van der Waals surface area contributed by atoms with E-state index in [-0.39, 0.29) is 12.1 Å². The van der Waals surface area contributed by atoms with Gasteiger partial charge in [0.1, 0.15) is 0 Å². The fourth-order valence-corrected chi connectivity index (χ4v) is 3.65. The van der Waals surface area contributed by atoms with Crippen LogP contribution in [0, 0.1) is 0 Å². The van der Waals surface area contributed by atoms with Crippen LogP contribution < -0.4 is 15.5 Å². The summed E-state index contributed by atoms with van der Waals surface area (Å²) >= 11 is 0. The maximum Gasteiger partial charge on any atom is 0.191 e. The van der Waals surface area contributed by atoms with E-state index in [4.69, 9.17) is 4.74 Å². The third kappa shape index (κ3) is 5.11. The lowest BCUT2D eigenvalue weighted by atomic mass is 10.1. The maximum absolute atomic E-state index is 5.81. The number of aliphatic imine (C=N–C) groups is 1. The molecule has 2 N–H and O–H groups in total. The zero-order valence-corrected chi connectivity index (χ0v) is 16.4. The van der Waals surface area contributed by atoms with E-state index in [1.165, 1.54) is 37.2 Å². The minimum Gasteiger partial charge on any atom is -0.374 e. The Morgan fingerprint density at radius 3 is 2.85 bits per heavy atom. The number of hydrogen-bond acceptors (Lipinski definition) is 4. The summed E-state index contributed by atoms with van der Waals surface area (Å²) in [7, 11) is 3.95. The quantitative estimate of drug-likeness (QED) is 0.621. The highest BCUT2D eigenvalue weighted by Crippen LogP contribution is 2.23. The van der Waals surface area contributed by atoms with Crippen molar-refractivity contribution in [3.05, 3.63) is 29.8 Å². The standard InChI is InChI=1S/C20H33N5O/c1-16(17-7-6-8-18(13-17)25-9-4-5-10-25)23-20(21-2)22-14-19-15-24(3)11-12-26-19/h6-8,13,16,19H,4-5,9-12,14-15H2,1-3H3,(H2,21,22,23). The second-order valence-electron chi connectivity index (χ2n) is 7.36. The zero-order chi connectivity index (χ0) is 18.4. The van der Waals surface area contributed by atoms with Crippen LogP contribution in [-0.2, 0) is 4.74 Å². The van der Waals surface area contributed by atoms with Gasteiger partial charge in [-0.15, -0.1) is 0 Å². The highest BCUT2D eigenvalue weighted by Gasteiger charge is 2.18. The van der Waals surface area contributed by atoms with Crippen molar-refractivity contribution in [2.75, 3.05) is 58.3 Å². The third-order valence-corrected chi connectivity index (χ3v) is 5.26. The van der Waals surface area contributed by atoms with Crippen molar-refractivity contribution in [1.29, 1.82) is 0 Å². The zero-order valence-electron chi connectivity index (χ0n) is 16.4. The number of guanidine groups is 1. The van der Waals surface area contributed by atoms with Gasteiger partial charge in [0.05, 0.1) is 18.8 Å². The van der Waals surface area contributed by atoms with Crippen LogP contribution in [0.2, 0.25) is 0 Å². The normalized spacial score (nSPS) is 23.1. The van der Waals surface area contributed by atoms with Crippen molar-refractivity contribution in [1.82, 2.24) is 15.5 Å². The Morgan fingerprint density at radius 2 is 2.12 bits per heavy atom. The van der Waals surface area contributed by atoms with Crippen molar-refractivity contribution in [2.45, 2.75) is 31.9 Å². The van der Waals surface area contributed by atoms with Crippen LogP contribution in [0.5, 0.6) is 0 Å². The SMILES string of the molecule is CN=C(NCC1CN(C)CCO1)NC(C)c1cccc(N2CCCC2)c1. The predicted molar refractivity (Wildman–Crippen MR) is 108 cm³/mol. The van der Waals surface area contributed by atoms with Crippen LogP contribution in [0.25, 0.3) is 0 Å². The van der Waals surface area contributed by atoms with Crippen LogP contribution in [0.3, 0.4) is 0 Å². The van der Waals surface area contributed by atoms with E-state index in [1.54, 1.807) is 0 Å². The van der Waals surface area contributed by atoms with E-state index in [0.717, 1.165) is 32.2 Å². The Bertz CT molecular complexity index is 600. The summed E-state index contributed by atoms with van der Waals surface area (Å²) in [5.74, 6) is 0.820. The summed E-state index contributed by atoms with van der Waals surface area (Å²) in [5, 5.41) is 6.91. The first-order valence-corrected chi connectivity index (χ1v) is 9.78. The molecule has 2 aliphatic rings. The number of likely N-dealkylation sites (N-methyl/N-ethyl adjacent to an activating group) is 1. The molecule has 2 fully saturated rings. The van der Waals surface area contributed by atoms with E-state index < -0.39 is 0 Å². The second-order valence-corrected chi connectivity index (χ2v) is 7.36. The van der Waals surface area contributed by atoms with Crippen LogP contribution in [0.1, 0.15) is 31.4 Å². The molecule has 0 aromatic heterocycles. The van der Waals surface area contributed by atoms with Gasteiger partial charge in [-0.2, -0.15) is 0 Å². The fourth-order valence-electron chi connectivity index (χ4n) is 3.65. The molecule has 2 aliphatic heterocycles. The molecule has 2 saturated heterocycles. The summed E-state index contributed by atoms with van der Waals surface area (Å²) in [6.07, 6.45) is 2.81. The minimum atomic E-state index is 0.193. The molecule has 6 heteroatoms. The van der Waals surface area contributed by atoms with E-state index in [1.807, 2.05) is 7.05 Å². The molecule has 2 heterocycles. The molecule has 2 atom stereocenters. The predicted octanol–water partition coefficient (Wildman–Crippen LogP) is 1.84. The first-order chi connectivity index (χ1) is 12.7. The van der Waals surface area contributed by atoms with E-state index in [0.29, 0.717) is 0 Å². The molecule has 0 bridgehead atoms. The van der Waals surface area contributed by atoms with Crippen molar-refractivity contribution in [3.63, 3.8) is 0 Å². The van der Waals surface area contributed by atoms with Crippen molar-refractivity contribution in [3.8, 4) is 0 Å². The third-order valence-electron chi connectivity index (χ3n) is 5.26. The topological polar surface area (TPSA) is 52.1 Å². The van der Waals surface area contributed by atoms with Crippen LogP contribution in [-0.4, -0.2) is 70.4 Å². The molecule has 3 rings (SSSR count). The number of hydrogen-bond donors (Lipinski definition) is 2. The van der Waals surface area contributed by atoms with Gasteiger partial charge in [-0.1, -0.05) is 12.1 Å². The monoisotopic (exact) mass is 359 g/mol. The Kier molecular flexibility index (Phi) is 6.74. The van der Waals surface area contributed by atoms with Gasteiger partial charge in [0, 0.05) is 45.5 Å². The molecule has 26 heavy (non-hydrogen) atoms. The lowest BCUT2D eigenvalue weighted by Crippen LogP contribution is -2.48. The lowest BCUT2D eigenvalue weighted by Gasteiger charge is -2.30. The molecular weight excluding hydrogens is 326 g/mol. The molecule has 0 spiro atoms. The van der Waals surface area contributed by atoms with Crippen molar-refractivity contribution in [2.24, 2.45) is 4.99 Å². The summed E-state index contributed by atoms with van der Waals surface area (Å²) < 4.78 is 5.81. The van der Waals surface area contributed by atoms with Crippen molar-refractivity contribution < 1.29 is 4.74 Å². The van der Waals surface area contributed by atoms with E-state index >= 15 is 0 Å². The number of morpholine rings is 1. The van der Waals surface area contributed by atoms with Gasteiger partial charge in [-0.25, -0.2) is 0 Å². The Hall–Kier alpha value is -1.79. The summed E-state index contributed by atoms with van der Waals surface area (Å²) in [6.45, 7) is 8.06. The maximum atomic E-state index is 5.81. The summed E-state index contributed by atoms with van der Waals surface area (Å²) in [4.78, 5) is 9.15. The first kappa shape index (κ1) is 19.0. The second kappa shape index (κ2) is 9.24. The van der Waals surface area contributed by atoms with Gasteiger partial charge in [0.2, 0.25) is 0 Å². The molecule has 1 aromatic rings. The van der Waals surface area contributed by atoms with Gasteiger partial charge in [0.25, 0.3) is 0 Å². The average Bonchev–Trinajstić information content (AvgIpc) is 3.20. The molecule has 6 nitrogen and oxygen atoms in total. The van der Waals surface area contributed by atoms with Gasteiger partial charge in [-0.3, -0.25) is 4.99 Å². The Balaban J connectivity index is 1.53. The lowest BCUT2D eigenvalue weighted by molar-refractivity contribution is -0.0161. The summed E-state index contributed by atoms with van der Waals surface area (Å²) in [5.41, 5.74) is 2.61. The average molecular weight is 360 g/mol. The Labute approximate surface area is 157 Å². The largest absolute Gasteiger partial charge is 0.374 e. The van der Waals surface area contributed by atoms with Gasteiger partial charge < -0.3 is 25.2 Å². The molecule has 0 aliphatic carbocycles. The first-order valence-electron chi connectivity index (χ1n) is 9.78. The highest BCUT2D eigenvalue weighted by atomic mass is 16.5. The van der Waals surface area contributed by atoms with Crippen LogP contribution in [0.4, 0.5) is 5.69 Å². The number of rotatable bonds is 5.